The topological polar surface area (TPSA) is 57.8 Å². The first-order valence-electron chi connectivity index (χ1n) is 7.62. The van der Waals surface area contributed by atoms with Crippen LogP contribution >= 0.6 is 0 Å². The SMILES string of the molecule is Cc1nc2ccc(C(=O)NC[C@@H]3C[C@@H]4C=C[C@H]3C4)cc2[nH]1. The van der Waals surface area contributed by atoms with Gasteiger partial charge in [0.15, 0.2) is 0 Å². The second-order valence-corrected chi connectivity index (χ2v) is 6.30. The lowest BCUT2D eigenvalue weighted by Crippen LogP contribution is -2.30. The molecule has 0 radical (unpaired) electrons. The summed E-state index contributed by atoms with van der Waals surface area (Å²) in [6.07, 6.45) is 7.15. The minimum Gasteiger partial charge on any atom is -0.352 e. The number of carbonyl (C=O) groups is 1. The van der Waals surface area contributed by atoms with Gasteiger partial charge in [0.05, 0.1) is 11.0 Å². The molecule has 3 atom stereocenters. The van der Waals surface area contributed by atoms with Gasteiger partial charge in [-0.05, 0) is 55.7 Å². The van der Waals surface area contributed by atoms with Crippen molar-refractivity contribution in [3.63, 3.8) is 0 Å². The molecule has 1 fully saturated rings. The van der Waals surface area contributed by atoms with Crippen molar-refractivity contribution in [1.82, 2.24) is 15.3 Å². The molecule has 2 bridgehead atoms. The molecule has 0 aliphatic heterocycles. The van der Waals surface area contributed by atoms with Crippen LogP contribution in [0.2, 0.25) is 0 Å². The fraction of sp³-hybridized carbons (Fsp3) is 0.412. The fourth-order valence-electron chi connectivity index (χ4n) is 3.73. The zero-order valence-electron chi connectivity index (χ0n) is 12.1. The maximum atomic E-state index is 12.3. The summed E-state index contributed by atoms with van der Waals surface area (Å²) in [5, 5.41) is 3.09. The molecule has 4 heteroatoms. The van der Waals surface area contributed by atoms with Gasteiger partial charge in [0.2, 0.25) is 0 Å². The lowest BCUT2D eigenvalue weighted by molar-refractivity contribution is 0.0945. The standard InChI is InChI=1S/C17H19N3O/c1-10-19-15-5-4-13(8-16(15)20-10)17(21)18-9-14-7-11-2-3-12(14)6-11/h2-5,8,11-12,14H,6-7,9H2,1H3,(H,18,21)(H,19,20)/t11-,12+,14+/m1/s1. The van der Waals surface area contributed by atoms with Crippen molar-refractivity contribution in [2.24, 2.45) is 17.8 Å². The first-order chi connectivity index (χ1) is 10.2. The summed E-state index contributed by atoms with van der Waals surface area (Å²) in [7, 11) is 0. The summed E-state index contributed by atoms with van der Waals surface area (Å²) in [6.45, 7) is 2.70. The van der Waals surface area contributed by atoms with E-state index in [4.69, 9.17) is 0 Å². The van der Waals surface area contributed by atoms with E-state index in [1.165, 1.54) is 12.8 Å². The summed E-state index contributed by atoms with van der Waals surface area (Å²) in [4.78, 5) is 19.8. The average molecular weight is 281 g/mol. The van der Waals surface area contributed by atoms with Gasteiger partial charge in [0.25, 0.3) is 5.91 Å². The number of carbonyl (C=O) groups excluding carboxylic acids is 1. The second-order valence-electron chi connectivity index (χ2n) is 6.30. The first kappa shape index (κ1) is 12.6. The van der Waals surface area contributed by atoms with Crippen LogP contribution in [-0.2, 0) is 0 Å². The summed E-state index contributed by atoms with van der Waals surface area (Å²) < 4.78 is 0. The maximum Gasteiger partial charge on any atom is 0.251 e. The van der Waals surface area contributed by atoms with E-state index < -0.39 is 0 Å². The minimum atomic E-state index is 0.0101. The van der Waals surface area contributed by atoms with Gasteiger partial charge in [-0.25, -0.2) is 4.98 Å². The molecule has 2 aliphatic carbocycles. The van der Waals surface area contributed by atoms with E-state index in [1.54, 1.807) is 0 Å². The van der Waals surface area contributed by atoms with E-state index in [2.05, 4.69) is 27.4 Å². The smallest absolute Gasteiger partial charge is 0.251 e. The number of allylic oxidation sites excluding steroid dienone is 2. The van der Waals surface area contributed by atoms with Crippen molar-refractivity contribution in [1.29, 1.82) is 0 Å². The molecule has 1 amide bonds. The molecule has 108 valence electrons. The number of imidazole rings is 1. The summed E-state index contributed by atoms with van der Waals surface area (Å²) in [5.41, 5.74) is 2.52. The number of hydrogen-bond donors (Lipinski definition) is 2. The quantitative estimate of drug-likeness (QED) is 0.850. The van der Waals surface area contributed by atoms with E-state index in [9.17, 15) is 4.79 Å². The van der Waals surface area contributed by atoms with Crippen LogP contribution in [0.3, 0.4) is 0 Å². The van der Waals surface area contributed by atoms with E-state index in [-0.39, 0.29) is 5.91 Å². The van der Waals surface area contributed by atoms with Crippen LogP contribution in [0.1, 0.15) is 29.0 Å². The molecule has 0 spiro atoms. The number of amides is 1. The number of aryl methyl sites for hydroxylation is 1. The highest BCUT2D eigenvalue weighted by Gasteiger charge is 2.35. The number of fused-ring (bicyclic) bond motifs is 3. The Hall–Kier alpha value is -2.10. The number of nitrogens with zero attached hydrogens (tertiary/aromatic N) is 1. The molecular weight excluding hydrogens is 262 g/mol. The normalized spacial score (nSPS) is 26.6. The number of aromatic amines is 1. The van der Waals surface area contributed by atoms with Crippen molar-refractivity contribution < 1.29 is 4.79 Å². The van der Waals surface area contributed by atoms with Crippen LogP contribution in [0.25, 0.3) is 11.0 Å². The first-order valence-corrected chi connectivity index (χ1v) is 7.62. The van der Waals surface area contributed by atoms with Gasteiger partial charge in [0, 0.05) is 12.1 Å². The summed E-state index contributed by atoms with van der Waals surface area (Å²) in [6, 6.07) is 5.62. The number of H-pyrrole nitrogens is 1. The molecule has 0 unspecified atom stereocenters. The predicted octanol–water partition coefficient (Wildman–Crippen LogP) is 2.81. The van der Waals surface area contributed by atoms with E-state index >= 15 is 0 Å². The molecule has 1 aromatic heterocycles. The van der Waals surface area contributed by atoms with Crippen molar-refractivity contribution in [2.75, 3.05) is 6.54 Å². The van der Waals surface area contributed by atoms with Crippen molar-refractivity contribution >= 4 is 16.9 Å². The van der Waals surface area contributed by atoms with Gasteiger partial charge < -0.3 is 10.3 Å². The molecule has 4 nitrogen and oxygen atoms in total. The molecule has 21 heavy (non-hydrogen) atoms. The molecule has 1 aromatic carbocycles. The molecule has 1 heterocycles. The monoisotopic (exact) mass is 281 g/mol. The third-order valence-electron chi connectivity index (χ3n) is 4.80. The Labute approximate surface area is 123 Å². The molecule has 0 saturated heterocycles. The Kier molecular flexibility index (Phi) is 2.84. The van der Waals surface area contributed by atoms with Gasteiger partial charge in [-0.15, -0.1) is 0 Å². The third-order valence-corrected chi connectivity index (χ3v) is 4.80. The van der Waals surface area contributed by atoms with Gasteiger partial charge >= 0.3 is 0 Å². The molecule has 4 rings (SSSR count). The molecule has 1 saturated carbocycles. The van der Waals surface area contributed by atoms with Gasteiger partial charge in [-0.3, -0.25) is 4.79 Å². The second kappa shape index (κ2) is 4.72. The van der Waals surface area contributed by atoms with Crippen LogP contribution in [-0.4, -0.2) is 22.4 Å². The maximum absolute atomic E-state index is 12.3. The van der Waals surface area contributed by atoms with Crippen molar-refractivity contribution in [3.05, 3.63) is 41.7 Å². The van der Waals surface area contributed by atoms with Crippen LogP contribution in [0.4, 0.5) is 0 Å². The van der Waals surface area contributed by atoms with E-state index in [0.717, 1.165) is 29.3 Å². The van der Waals surface area contributed by atoms with Crippen molar-refractivity contribution in [2.45, 2.75) is 19.8 Å². The van der Waals surface area contributed by atoms with E-state index in [1.807, 2.05) is 25.1 Å². The van der Waals surface area contributed by atoms with Crippen molar-refractivity contribution in [3.8, 4) is 0 Å². The Morgan fingerprint density at radius 2 is 2.29 bits per heavy atom. The predicted molar refractivity (Wildman–Crippen MR) is 82.0 cm³/mol. The lowest BCUT2D eigenvalue weighted by atomic mass is 9.93. The van der Waals surface area contributed by atoms with Gasteiger partial charge in [-0.2, -0.15) is 0 Å². The number of benzene rings is 1. The minimum absolute atomic E-state index is 0.0101. The molecule has 2 N–H and O–H groups in total. The number of aromatic nitrogens is 2. The Morgan fingerprint density at radius 1 is 1.38 bits per heavy atom. The lowest BCUT2D eigenvalue weighted by Gasteiger charge is -2.18. The molecule has 2 aliphatic rings. The molecule has 2 aromatic rings. The zero-order valence-corrected chi connectivity index (χ0v) is 12.1. The summed E-state index contributed by atoms with van der Waals surface area (Å²) >= 11 is 0. The van der Waals surface area contributed by atoms with E-state index in [0.29, 0.717) is 17.4 Å². The Bertz CT molecular complexity index is 731. The Morgan fingerprint density at radius 3 is 3.05 bits per heavy atom. The van der Waals surface area contributed by atoms with Gasteiger partial charge in [0.1, 0.15) is 5.82 Å². The van der Waals surface area contributed by atoms with Crippen LogP contribution in [0.5, 0.6) is 0 Å². The average Bonchev–Trinajstić information content (AvgIpc) is 3.17. The third kappa shape index (κ3) is 2.24. The number of hydrogen-bond acceptors (Lipinski definition) is 2. The van der Waals surface area contributed by atoms with Crippen LogP contribution in [0.15, 0.2) is 30.4 Å². The highest BCUT2D eigenvalue weighted by molar-refractivity contribution is 5.97. The largest absolute Gasteiger partial charge is 0.352 e. The highest BCUT2D eigenvalue weighted by atomic mass is 16.1. The number of rotatable bonds is 3. The Balaban J connectivity index is 1.45. The number of nitrogens with one attached hydrogen (secondary N) is 2. The van der Waals surface area contributed by atoms with Gasteiger partial charge in [-0.1, -0.05) is 12.2 Å². The highest BCUT2D eigenvalue weighted by Crippen LogP contribution is 2.42. The summed E-state index contributed by atoms with van der Waals surface area (Å²) in [5.74, 6) is 2.92. The fourth-order valence-corrected chi connectivity index (χ4v) is 3.73. The zero-order chi connectivity index (χ0) is 14.4. The molecular formula is C17H19N3O. The van der Waals surface area contributed by atoms with Crippen LogP contribution < -0.4 is 5.32 Å². The van der Waals surface area contributed by atoms with Crippen LogP contribution in [0, 0.1) is 24.7 Å².